The highest BCUT2D eigenvalue weighted by Gasteiger charge is 2.28. The minimum absolute atomic E-state index is 0.208. The van der Waals surface area contributed by atoms with Crippen LogP contribution in [0.4, 0.5) is 0 Å². The Morgan fingerprint density at radius 1 is 1.13 bits per heavy atom. The van der Waals surface area contributed by atoms with Crippen LogP contribution in [0.3, 0.4) is 0 Å². The van der Waals surface area contributed by atoms with Crippen molar-refractivity contribution in [2.45, 2.75) is 18.9 Å². The van der Waals surface area contributed by atoms with E-state index in [4.69, 9.17) is 0 Å². The van der Waals surface area contributed by atoms with Crippen LogP contribution in [0.25, 0.3) is 10.9 Å². The van der Waals surface area contributed by atoms with Crippen LogP contribution in [-0.2, 0) is 17.6 Å². The molecule has 116 valence electrons. The van der Waals surface area contributed by atoms with Crippen LogP contribution in [0, 0.1) is 0 Å². The molecule has 0 bridgehead atoms. The van der Waals surface area contributed by atoms with E-state index in [-0.39, 0.29) is 11.8 Å². The van der Waals surface area contributed by atoms with Gasteiger partial charge in [-0.2, -0.15) is 0 Å². The Hall–Kier alpha value is -1.91. The average Bonchev–Trinajstić information content (AvgIpc) is 2.95. The number of carbonyl (C=O) groups is 1. The summed E-state index contributed by atoms with van der Waals surface area (Å²) in [6.07, 6.45) is 1.40. The quantitative estimate of drug-likeness (QED) is 0.735. The standard InChI is InChI=1S/C19H17BrN2O/c20-13-7-5-12(6-8-13)11-17(23)19-18-15(9-10-21-19)14-3-1-2-4-16(14)22-18/h1-8,19,21-22H,9-11H2. The Morgan fingerprint density at radius 2 is 1.91 bits per heavy atom. The minimum atomic E-state index is -0.241. The zero-order valence-electron chi connectivity index (χ0n) is 12.6. The highest BCUT2D eigenvalue weighted by Crippen LogP contribution is 2.30. The SMILES string of the molecule is O=C(Cc1ccc(Br)cc1)C1NCCc2c1[nH]c1ccccc21. The fourth-order valence-corrected chi connectivity index (χ4v) is 3.62. The molecule has 0 aliphatic carbocycles. The van der Waals surface area contributed by atoms with Crippen LogP contribution in [-0.4, -0.2) is 17.3 Å². The second kappa shape index (κ2) is 5.95. The molecule has 0 fully saturated rings. The molecule has 0 spiro atoms. The second-order valence-corrected chi connectivity index (χ2v) is 6.89. The largest absolute Gasteiger partial charge is 0.356 e. The molecule has 1 unspecified atom stereocenters. The Balaban J connectivity index is 1.65. The first kappa shape index (κ1) is 14.7. The van der Waals surface area contributed by atoms with Crippen molar-refractivity contribution >= 4 is 32.6 Å². The molecule has 2 aromatic carbocycles. The molecule has 1 aliphatic rings. The van der Waals surface area contributed by atoms with Crippen molar-refractivity contribution in [2.24, 2.45) is 0 Å². The third kappa shape index (κ3) is 2.73. The van der Waals surface area contributed by atoms with E-state index in [2.05, 4.69) is 44.4 Å². The summed E-state index contributed by atoms with van der Waals surface area (Å²) in [6.45, 7) is 0.839. The van der Waals surface area contributed by atoms with E-state index in [9.17, 15) is 4.79 Å². The lowest BCUT2D eigenvalue weighted by atomic mass is 9.94. The van der Waals surface area contributed by atoms with Gasteiger partial charge in [0.05, 0.1) is 0 Å². The zero-order chi connectivity index (χ0) is 15.8. The topological polar surface area (TPSA) is 44.9 Å². The summed E-state index contributed by atoms with van der Waals surface area (Å²) >= 11 is 3.43. The molecular formula is C19H17BrN2O. The molecule has 1 aromatic heterocycles. The van der Waals surface area contributed by atoms with Crippen molar-refractivity contribution in [3.8, 4) is 0 Å². The maximum Gasteiger partial charge on any atom is 0.160 e. The van der Waals surface area contributed by atoms with Gasteiger partial charge in [-0.1, -0.05) is 46.3 Å². The van der Waals surface area contributed by atoms with Gasteiger partial charge in [0.2, 0.25) is 0 Å². The molecule has 0 saturated heterocycles. The number of aromatic nitrogens is 1. The molecule has 2 N–H and O–H groups in total. The van der Waals surface area contributed by atoms with Crippen molar-refractivity contribution in [1.29, 1.82) is 0 Å². The molecule has 4 heteroatoms. The van der Waals surface area contributed by atoms with Gasteiger partial charge in [0, 0.05) is 34.0 Å². The van der Waals surface area contributed by atoms with Crippen LogP contribution in [0.2, 0.25) is 0 Å². The Morgan fingerprint density at radius 3 is 2.74 bits per heavy atom. The summed E-state index contributed by atoms with van der Waals surface area (Å²) in [4.78, 5) is 16.2. The van der Waals surface area contributed by atoms with E-state index in [0.717, 1.165) is 34.2 Å². The summed E-state index contributed by atoms with van der Waals surface area (Å²) in [5.41, 5.74) is 4.49. The summed E-state index contributed by atoms with van der Waals surface area (Å²) in [6, 6.07) is 16.0. The number of H-pyrrole nitrogens is 1. The summed E-state index contributed by atoms with van der Waals surface area (Å²) in [5, 5.41) is 4.62. The number of rotatable bonds is 3. The van der Waals surface area contributed by atoms with E-state index in [1.54, 1.807) is 0 Å². The van der Waals surface area contributed by atoms with E-state index >= 15 is 0 Å². The van der Waals surface area contributed by atoms with Crippen LogP contribution < -0.4 is 5.32 Å². The van der Waals surface area contributed by atoms with Gasteiger partial charge in [-0.3, -0.25) is 4.79 Å². The lowest BCUT2D eigenvalue weighted by molar-refractivity contribution is -0.120. The molecule has 3 nitrogen and oxygen atoms in total. The number of para-hydroxylation sites is 1. The van der Waals surface area contributed by atoms with E-state index in [1.165, 1.54) is 10.9 Å². The maximum absolute atomic E-state index is 12.8. The number of benzene rings is 2. The first-order valence-electron chi connectivity index (χ1n) is 7.82. The lowest BCUT2D eigenvalue weighted by Gasteiger charge is -2.23. The highest BCUT2D eigenvalue weighted by molar-refractivity contribution is 9.10. The average molecular weight is 369 g/mol. The molecule has 4 rings (SSSR count). The van der Waals surface area contributed by atoms with Gasteiger partial charge in [0.1, 0.15) is 6.04 Å². The van der Waals surface area contributed by atoms with Gasteiger partial charge >= 0.3 is 0 Å². The predicted molar refractivity (Wildman–Crippen MR) is 95.6 cm³/mol. The lowest BCUT2D eigenvalue weighted by Crippen LogP contribution is -2.35. The van der Waals surface area contributed by atoms with Gasteiger partial charge in [-0.05, 0) is 35.7 Å². The third-order valence-corrected chi connectivity index (χ3v) is 5.00. The van der Waals surface area contributed by atoms with Crippen LogP contribution in [0.5, 0.6) is 0 Å². The van der Waals surface area contributed by atoms with Crippen molar-refractivity contribution in [2.75, 3.05) is 6.54 Å². The number of aromatic amines is 1. The fraction of sp³-hybridized carbons (Fsp3) is 0.211. The number of carbonyl (C=O) groups excluding carboxylic acids is 1. The van der Waals surface area contributed by atoms with Crippen LogP contribution in [0.1, 0.15) is 22.9 Å². The van der Waals surface area contributed by atoms with E-state index < -0.39 is 0 Å². The molecule has 0 radical (unpaired) electrons. The molecule has 2 heterocycles. The predicted octanol–water partition coefficient (Wildman–Crippen LogP) is 3.93. The molecule has 0 amide bonds. The Bertz CT molecular complexity index is 867. The first-order valence-corrected chi connectivity index (χ1v) is 8.62. The number of nitrogens with one attached hydrogen (secondary N) is 2. The molecule has 23 heavy (non-hydrogen) atoms. The molecule has 3 aromatic rings. The third-order valence-electron chi connectivity index (χ3n) is 4.47. The second-order valence-electron chi connectivity index (χ2n) is 5.97. The van der Waals surface area contributed by atoms with Crippen molar-refractivity contribution in [1.82, 2.24) is 10.3 Å². The van der Waals surface area contributed by atoms with Gasteiger partial charge < -0.3 is 10.3 Å². The van der Waals surface area contributed by atoms with E-state index in [0.29, 0.717) is 6.42 Å². The molecule has 1 atom stereocenters. The number of hydrogen-bond donors (Lipinski definition) is 2. The Labute approximate surface area is 143 Å². The normalized spacial score (nSPS) is 17.2. The molecular weight excluding hydrogens is 352 g/mol. The first-order chi connectivity index (χ1) is 11.2. The van der Waals surface area contributed by atoms with Crippen LogP contribution >= 0.6 is 15.9 Å². The van der Waals surface area contributed by atoms with Crippen molar-refractivity contribution in [3.63, 3.8) is 0 Å². The molecule has 0 saturated carbocycles. The number of fused-ring (bicyclic) bond motifs is 3. The smallest absolute Gasteiger partial charge is 0.160 e. The monoisotopic (exact) mass is 368 g/mol. The number of ketones is 1. The van der Waals surface area contributed by atoms with Crippen molar-refractivity contribution in [3.05, 3.63) is 69.8 Å². The highest BCUT2D eigenvalue weighted by atomic mass is 79.9. The van der Waals surface area contributed by atoms with Crippen molar-refractivity contribution < 1.29 is 4.79 Å². The summed E-state index contributed by atoms with van der Waals surface area (Å²) in [5.74, 6) is 0.208. The van der Waals surface area contributed by atoms with Gasteiger partial charge in [0.25, 0.3) is 0 Å². The van der Waals surface area contributed by atoms with Gasteiger partial charge in [-0.25, -0.2) is 0 Å². The number of halogens is 1. The number of hydrogen-bond acceptors (Lipinski definition) is 2. The number of Topliss-reactive ketones (excluding diaryl/α,β-unsaturated/α-hetero) is 1. The minimum Gasteiger partial charge on any atom is -0.356 e. The van der Waals surface area contributed by atoms with Gasteiger partial charge in [0.15, 0.2) is 5.78 Å². The fourth-order valence-electron chi connectivity index (χ4n) is 3.36. The molecule has 1 aliphatic heterocycles. The summed E-state index contributed by atoms with van der Waals surface area (Å²) < 4.78 is 1.03. The van der Waals surface area contributed by atoms with E-state index in [1.807, 2.05) is 30.3 Å². The maximum atomic E-state index is 12.8. The van der Waals surface area contributed by atoms with Crippen LogP contribution in [0.15, 0.2) is 53.0 Å². The van der Waals surface area contributed by atoms with Gasteiger partial charge in [-0.15, -0.1) is 0 Å². The Kier molecular flexibility index (Phi) is 3.79. The zero-order valence-corrected chi connectivity index (χ0v) is 14.2. The summed E-state index contributed by atoms with van der Waals surface area (Å²) in [7, 11) is 0.